The number of carboxylic acid groups (broad SMARTS) is 2. The Morgan fingerprint density at radius 3 is 2.29 bits per heavy atom. The third kappa shape index (κ3) is 4.92. The average Bonchev–Trinajstić information content (AvgIpc) is 3.26. The highest BCUT2D eigenvalue weighted by Crippen LogP contribution is 2.26. The number of hydrogen-bond acceptors (Lipinski definition) is 6. The molecule has 2 aromatic carbocycles. The Balaban J connectivity index is 1.78. The average molecular weight is 538 g/mol. The van der Waals surface area contributed by atoms with Crippen LogP contribution >= 0.6 is 15.9 Å². The van der Waals surface area contributed by atoms with Crippen molar-refractivity contribution in [3.8, 4) is 11.3 Å². The van der Waals surface area contributed by atoms with Gasteiger partial charge in [0.25, 0.3) is 5.56 Å². The minimum absolute atomic E-state index is 0.179. The van der Waals surface area contributed by atoms with Gasteiger partial charge < -0.3 is 14.6 Å². The van der Waals surface area contributed by atoms with Crippen molar-refractivity contribution in [1.29, 1.82) is 0 Å². The molecule has 0 unspecified atom stereocenters. The summed E-state index contributed by atoms with van der Waals surface area (Å²) in [6.07, 6.45) is 1.35. The van der Waals surface area contributed by atoms with Crippen LogP contribution in [0.25, 0.3) is 22.2 Å². The van der Waals surface area contributed by atoms with E-state index in [1.807, 2.05) is 26.8 Å². The number of carboxylic acids is 2. The Labute approximate surface area is 207 Å². The van der Waals surface area contributed by atoms with E-state index < -0.39 is 17.4 Å². The molecule has 178 valence electrons. The largest absolute Gasteiger partial charge is 0.478 e. The van der Waals surface area contributed by atoms with E-state index in [1.165, 1.54) is 23.0 Å². The van der Waals surface area contributed by atoms with Crippen LogP contribution in [0, 0.1) is 0 Å². The summed E-state index contributed by atoms with van der Waals surface area (Å²) in [6, 6.07) is 12.1. The highest BCUT2D eigenvalue weighted by molar-refractivity contribution is 9.10. The number of fused-ring (bicyclic) bond motifs is 1. The molecule has 2 aromatic heterocycles. The lowest BCUT2D eigenvalue weighted by Gasteiger charge is -2.20. The summed E-state index contributed by atoms with van der Waals surface area (Å²) in [6.45, 7) is 5.77. The standard InChI is InChI=1S/C25H20BrN3O6/c1-25(2,3)24-28-19-6-4-16(26)11-18(19)21(30)29(24)27-12-17-5-7-20(35-17)13-8-14(22(31)32)10-15(9-13)23(33)34/h4-12H,1-3H3,(H,31,32)(H,33,34). The van der Waals surface area contributed by atoms with Gasteiger partial charge in [0.1, 0.15) is 17.3 Å². The fraction of sp³-hybridized carbons (Fsp3) is 0.160. The number of benzene rings is 2. The van der Waals surface area contributed by atoms with E-state index in [9.17, 15) is 24.6 Å². The van der Waals surface area contributed by atoms with Crippen LogP contribution in [0.5, 0.6) is 0 Å². The molecule has 0 atom stereocenters. The first-order chi connectivity index (χ1) is 16.4. The third-order valence-electron chi connectivity index (χ3n) is 5.12. The van der Waals surface area contributed by atoms with E-state index in [-0.39, 0.29) is 33.8 Å². The van der Waals surface area contributed by atoms with E-state index in [4.69, 9.17) is 4.42 Å². The van der Waals surface area contributed by atoms with E-state index in [2.05, 4.69) is 26.0 Å². The predicted octanol–water partition coefficient (Wildman–Crippen LogP) is 5.00. The summed E-state index contributed by atoms with van der Waals surface area (Å²) in [5.41, 5.74) is -0.349. The first-order valence-electron chi connectivity index (χ1n) is 10.4. The summed E-state index contributed by atoms with van der Waals surface area (Å²) in [5, 5.41) is 23.3. The minimum Gasteiger partial charge on any atom is -0.478 e. The van der Waals surface area contributed by atoms with Crippen molar-refractivity contribution >= 4 is 45.0 Å². The van der Waals surface area contributed by atoms with E-state index >= 15 is 0 Å². The van der Waals surface area contributed by atoms with Gasteiger partial charge in [-0.3, -0.25) is 4.79 Å². The van der Waals surface area contributed by atoms with Gasteiger partial charge in [-0.1, -0.05) is 36.7 Å². The van der Waals surface area contributed by atoms with Crippen molar-refractivity contribution in [1.82, 2.24) is 9.66 Å². The second-order valence-electron chi connectivity index (χ2n) is 8.82. The Morgan fingerprint density at radius 1 is 1.03 bits per heavy atom. The van der Waals surface area contributed by atoms with Crippen molar-refractivity contribution in [2.75, 3.05) is 0 Å². The molecule has 0 fully saturated rings. The van der Waals surface area contributed by atoms with Crippen molar-refractivity contribution in [2.45, 2.75) is 26.2 Å². The van der Waals surface area contributed by atoms with E-state index in [0.29, 0.717) is 16.7 Å². The molecular weight excluding hydrogens is 518 g/mol. The fourth-order valence-electron chi connectivity index (χ4n) is 3.45. The van der Waals surface area contributed by atoms with Crippen molar-refractivity contribution in [3.63, 3.8) is 0 Å². The number of carbonyl (C=O) groups is 2. The number of rotatable bonds is 5. The van der Waals surface area contributed by atoms with Crippen LogP contribution in [0.4, 0.5) is 0 Å². The Kier molecular flexibility index (Phi) is 6.16. The highest BCUT2D eigenvalue weighted by atomic mass is 79.9. The van der Waals surface area contributed by atoms with Gasteiger partial charge in [0, 0.05) is 15.5 Å². The monoisotopic (exact) mass is 537 g/mol. The second kappa shape index (κ2) is 8.95. The number of aromatic carboxylic acids is 2. The van der Waals surface area contributed by atoms with Crippen LogP contribution in [0.2, 0.25) is 0 Å². The molecule has 2 N–H and O–H groups in total. The summed E-state index contributed by atoms with van der Waals surface area (Å²) < 4.78 is 7.72. The zero-order valence-electron chi connectivity index (χ0n) is 18.9. The quantitative estimate of drug-likeness (QED) is 0.342. The van der Waals surface area contributed by atoms with Crippen LogP contribution in [0.3, 0.4) is 0 Å². The molecule has 0 amide bonds. The Hall–Kier alpha value is -4.05. The zero-order chi connectivity index (χ0) is 25.5. The summed E-state index contributed by atoms with van der Waals surface area (Å²) in [4.78, 5) is 40.7. The molecule has 10 heteroatoms. The number of halogens is 1. The summed E-state index contributed by atoms with van der Waals surface area (Å²) in [7, 11) is 0. The molecule has 0 aliphatic rings. The van der Waals surface area contributed by atoms with Gasteiger partial charge in [-0.25, -0.2) is 14.6 Å². The smallest absolute Gasteiger partial charge is 0.335 e. The summed E-state index contributed by atoms with van der Waals surface area (Å²) in [5.74, 6) is -1.53. The fourth-order valence-corrected chi connectivity index (χ4v) is 3.81. The van der Waals surface area contributed by atoms with Crippen molar-refractivity contribution in [2.24, 2.45) is 5.10 Å². The first kappa shape index (κ1) is 24.1. The van der Waals surface area contributed by atoms with Gasteiger partial charge in [0.2, 0.25) is 0 Å². The van der Waals surface area contributed by atoms with Crippen LogP contribution in [0.1, 0.15) is 53.1 Å². The number of aromatic nitrogens is 2. The molecular formula is C25H20BrN3O6. The maximum Gasteiger partial charge on any atom is 0.335 e. The van der Waals surface area contributed by atoms with Crippen LogP contribution in [-0.2, 0) is 5.41 Å². The summed E-state index contributed by atoms with van der Waals surface area (Å²) >= 11 is 3.37. The number of nitrogens with zero attached hydrogens (tertiary/aromatic N) is 3. The van der Waals surface area contributed by atoms with Crippen LogP contribution in [0.15, 0.2) is 67.3 Å². The topological polar surface area (TPSA) is 135 Å². The van der Waals surface area contributed by atoms with Gasteiger partial charge in [0.15, 0.2) is 0 Å². The maximum absolute atomic E-state index is 13.2. The molecule has 0 aliphatic carbocycles. The maximum atomic E-state index is 13.2. The van der Waals surface area contributed by atoms with Crippen LogP contribution in [-0.4, -0.2) is 38.0 Å². The molecule has 2 heterocycles. The van der Waals surface area contributed by atoms with Gasteiger partial charge in [-0.15, -0.1) is 0 Å². The lowest BCUT2D eigenvalue weighted by molar-refractivity contribution is 0.0696. The van der Waals surface area contributed by atoms with Gasteiger partial charge in [-0.05, 0) is 48.5 Å². The van der Waals surface area contributed by atoms with E-state index in [0.717, 1.165) is 10.5 Å². The second-order valence-corrected chi connectivity index (χ2v) is 9.74. The van der Waals surface area contributed by atoms with Gasteiger partial charge in [0.05, 0.1) is 28.2 Å². The molecule has 0 saturated heterocycles. The molecule has 0 bridgehead atoms. The Morgan fingerprint density at radius 2 is 1.69 bits per heavy atom. The molecule has 0 saturated carbocycles. The van der Waals surface area contributed by atoms with Crippen LogP contribution < -0.4 is 5.56 Å². The van der Waals surface area contributed by atoms with Crippen molar-refractivity contribution < 1.29 is 24.2 Å². The highest BCUT2D eigenvalue weighted by Gasteiger charge is 2.23. The lowest BCUT2D eigenvalue weighted by Crippen LogP contribution is -2.29. The molecule has 0 spiro atoms. The third-order valence-corrected chi connectivity index (χ3v) is 5.61. The number of furan rings is 1. The molecule has 0 radical (unpaired) electrons. The molecule has 4 aromatic rings. The molecule has 9 nitrogen and oxygen atoms in total. The SMILES string of the molecule is CC(C)(C)c1nc2ccc(Br)cc2c(=O)n1N=Cc1ccc(-c2cc(C(=O)O)cc(C(=O)O)c2)o1. The number of hydrogen-bond donors (Lipinski definition) is 2. The lowest BCUT2D eigenvalue weighted by atomic mass is 9.95. The molecule has 35 heavy (non-hydrogen) atoms. The van der Waals surface area contributed by atoms with E-state index in [1.54, 1.807) is 24.3 Å². The van der Waals surface area contributed by atoms with Gasteiger partial charge >= 0.3 is 11.9 Å². The molecule has 0 aliphatic heterocycles. The zero-order valence-corrected chi connectivity index (χ0v) is 20.5. The minimum atomic E-state index is -1.26. The first-order valence-corrected chi connectivity index (χ1v) is 11.2. The molecule has 4 rings (SSSR count). The predicted molar refractivity (Wildman–Crippen MR) is 133 cm³/mol. The Bertz CT molecular complexity index is 1540. The van der Waals surface area contributed by atoms with Crippen molar-refractivity contribution in [3.05, 3.63) is 86.1 Å². The van der Waals surface area contributed by atoms with Gasteiger partial charge in [-0.2, -0.15) is 9.78 Å². The normalized spacial score (nSPS) is 11.9.